The van der Waals surface area contributed by atoms with Crippen LogP contribution < -0.4 is 5.73 Å². The van der Waals surface area contributed by atoms with Crippen molar-refractivity contribution in [2.24, 2.45) is 5.73 Å². The Balaban J connectivity index is 2.37. The van der Waals surface area contributed by atoms with Crippen LogP contribution in [0.4, 0.5) is 8.78 Å². The number of hydrogen-bond donors (Lipinski definition) is 1. The van der Waals surface area contributed by atoms with Gasteiger partial charge in [0.2, 0.25) is 0 Å². The summed E-state index contributed by atoms with van der Waals surface area (Å²) in [5, 5.41) is 1.88. The average molecular weight is 351 g/mol. The Morgan fingerprint density at radius 3 is 2.56 bits per heavy atom. The van der Waals surface area contributed by atoms with Crippen LogP contribution >= 0.6 is 33.9 Å². The van der Waals surface area contributed by atoms with Crippen LogP contribution in [0.1, 0.15) is 17.2 Å². The van der Waals surface area contributed by atoms with Gasteiger partial charge in [0.15, 0.2) is 0 Å². The smallest absolute Gasteiger partial charge is 0.131 e. The number of benzene rings is 1. The fourth-order valence-corrected chi connectivity index (χ4v) is 2.83. The molecule has 2 N–H and O–H groups in total. The summed E-state index contributed by atoms with van der Waals surface area (Å²) >= 11 is 3.72. The number of nitrogens with two attached hydrogens (primary N) is 1. The molecule has 0 bridgehead atoms. The van der Waals surface area contributed by atoms with Crippen LogP contribution in [-0.4, -0.2) is 0 Å². The molecule has 0 aliphatic rings. The van der Waals surface area contributed by atoms with E-state index in [1.807, 2.05) is 11.4 Å². The van der Waals surface area contributed by atoms with Crippen molar-refractivity contribution in [3.05, 3.63) is 55.3 Å². The van der Waals surface area contributed by atoms with Crippen molar-refractivity contribution >= 4 is 33.9 Å². The highest BCUT2D eigenvalue weighted by Crippen LogP contribution is 2.27. The zero-order valence-corrected chi connectivity index (χ0v) is 11.1. The molecular weight excluding hydrogens is 343 g/mol. The monoisotopic (exact) mass is 351 g/mol. The van der Waals surface area contributed by atoms with Crippen LogP contribution in [0.25, 0.3) is 0 Å². The fourth-order valence-electron chi connectivity index (χ4n) is 1.42. The van der Waals surface area contributed by atoms with E-state index in [0.29, 0.717) is 5.56 Å². The average Bonchev–Trinajstić information content (AvgIpc) is 2.64. The fraction of sp³-hybridized carbons (Fsp3) is 0.0909. The standard InChI is InChI=1S/C11H8F2INS/c12-7-1-2-8(9(13)4-7)11(15)6-3-10(14)16-5-6/h1-5,11H,15H2. The van der Waals surface area contributed by atoms with Crippen LogP contribution in [0.3, 0.4) is 0 Å². The maximum absolute atomic E-state index is 13.5. The lowest BCUT2D eigenvalue weighted by atomic mass is 10.0. The Morgan fingerprint density at radius 2 is 2.00 bits per heavy atom. The van der Waals surface area contributed by atoms with Crippen molar-refractivity contribution in [3.63, 3.8) is 0 Å². The van der Waals surface area contributed by atoms with Gasteiger partial charge in [-0.3, -0.25) is 0 Å². The Morgan fingerprint density at radius 1 is 1.25 bits per heavy atom. The minimum absolute atomic E-state index is 0.315. The predicted octanol–water partition coefficient (Wildman–Crippen LogP) is 3.68. The molecule has 2 rings (SSSR count). The van der Waals surface area contributed by atoms with Crippen LogP contribution in [-0.2, 0) is 0 Å². The lowest BCUT2D eigenvalue weighted by Crippen LogP contribution is -2.12. The molecule has 0 saturated carbocycles. The van der Waals surface area contributed by atoms with Gasteiger partial charge in [-0.25, -0.2) is 8.78 Å². The van der Waals surface area contributed by atoms with E-state index in [9.17, 15) is 8.78 Å². The number of rotatable bonds is 2. The van der Waals surface area contributed by atoms with E-state index in [0.717, 1.165) is 14.5 Å². The number of thiophene rings is 1. The molecule has 1 aromatic carbocycles. The van der Waals surface area contributed by atoms with Gasteiger partial charge in [-0.1, -0.05) is 6.07 Å². The molecule has 0 saturated heterocycles. The molecule has 0 spiro atoms. The van der Waals surface area contributed by atoms with Crippen molar-refractivity contribution in [2.45, 2.75) is 6.04 Å². The van der Waals surface area contributed by atoms with Gasteiger partial charge in [-0.05, 0) is 45.7 Å². The third-order valence-corrected chi connectivity index (χ3v) is 4.05. The van der Waals surface area contributed by atoms with Gasteiger partial charge in [0.1, 0.15) is 11.6 Å². The third-order valence-electron chi connectivity index (χ3n) is 2.24. The lowest BCUT2D eigenvalue weighted by molar-refractivity contribution is 0.566. The molecule has 16 heavy (non-hydrogen) atoms. The van der Waals surface area contributed by atoms with Gasteiger partial charge in [-0.15, -0.1) is 11.3 Å². The van der Waals surface area contributed by atoms with Crippen LogP contribution in [0.15, 0.2) is 29.6 Å². The summed E-state index contributed by atoms with van der Waals surface area (Å²) < 4.78 is 27.3. The van der Waals surface area contributed by atoms with Crippen molar-refractivity contribution in [3.8, 4) is 0 Å². The number of hydrogen-bond acceptors (Lipinski definition) is 2. The van der Waals surface area contributed by atoms with Gasteiger partial charge < -0.3 is 5.73 Å². The first-order valence-electron chi connectivity index (χ1n) is 4.52. The summed E-state index contributed by atoms with van der Waals surface area (Å²) in [4.78, 5) is 0. The van der Waals surface area contributed by atoms with Crippen molar-refractivity contribution < 1.29 is 8.78 Å². The molecular formula is C11H8F2INS. The van der Waals surface area contributed by atoms with Gasteiger partial charge in [0.25, 0.3) is 0 Å². The largest absolute Gasteiger partial charge is 0.320 e. The van der Waals surface area contributed by atoms with Gasteiger partial charge in [0, 0.05) is 11.6 Å². The first-order valence-corrected chi connectivity index (χ1v) is 6.48. The zero-order valence-electron chi connectivity index (χ0n) is 8.08. The summed E-state index contributed by atoms with van der Waals surface area (Å²) in [7, 11) is 0. The predicted molar refractivity (Wildman–Crippen MR) is 69.4 cm³/mol. The van der Waals surface area contributed by atoms with Gasteiger partial charge in [-0.2, -0.15) is 0 Å². The van der Waals surface area contributed by atoms with E-state index in [1.54, 1.807) is 11.3 Å². The first kappa shape index (κ1) is 11.9. The molecule has 2 aromatic rings. The molecule has 0 radical (unpaired) electrons. The highest BCUT2D eigenvalue weighted by molar-refractivity contribution is 14.1. The van der Waals surface area contributed by atoms with E-state index in [1.165, 1.54) is 12.1 Å². The van der Waals surface area contributed by atoms with E-state index in [-0.39, 0.29) is 0 Å². The molecule has 1 nitrogen and oxygen atoms in total. The summed E-state index contributed by atoms with van der Waals surface area (Å²) in [6, 6.07) is 4.82. The molecule has 1 aromatic heterocycles. The molecule has 1 unspecified atom stereocenters. The van der Waals surface area contributed by atoms with E-state index < -0.39 is 17.7 Å². The van der Waals surface area contributed by atoms with E-state index >= 15 is 0 Å². The minimum Gasteiger partial charge on any atom is -0.320 e. The van der Waals surface area contributed by atoms with Crippen molar-refractivity contribution in [2.75, 3.05) is 0 Å². The van der Waals surface area contributed by atoms with E-state index in [4.69, 9.17) is 5.73 Å². The van der Waals surface area contributed by atoms with Crippen LogP contribution in [0.2, 0.25) is 0 Å². The number of halogens is 3. The summed E-state index contributed by atoms with van der Waals surface area (Å²) in [5.74, 6) is -1.19. The van der Waals surface area contributed by atoms with Crippen molar-refractivity contribution in [1.82, 2.24) is 0 Å². The highest BCUT2D eigenvalue weighted by Gasteiger charge is 2.15. The summed E-state index contributed by atoms with van der Waals surface area (Å²) in [6.07, 6.45) is 0. The van der Waals surface area contributed by atoms with Crippen LogP contribution in [0, 0.1) is 14.5 Å². The lowest BCUT2D eigenvalue weighted by Gasteiger charge is -2.11. The maximum Gasteiger partial charge on any atom is 0.131 e. The minimum atomic E-state index is -0.603. The second-order valence-corrected chi connectivity index (χ2v) is 6.13. The first-order chi connectivity index (χ1) is 7.58. The summed E-state index contributed by atoms with van der Waals surface area (Å²) in [6.45, 7) is 0. The molecule has 1 atom stereocenters. The van der Waals surface area contributed by atoms with E-state index in [2.05, 4.69) is 22.6 Å². The van der Waals surface area contributed by atoms with Crippen LogP contribution in [0.5, 0.6) is 0 Å². The second kappa shape index (κ2) is 4.77. The summed E-state index contributed by atoms with van der Waals surface area (Å²) in [5.41, 5.74) is 7.08. The zero-order chi connectivity index (χ0) is 11.7. The molecule has 5 heteroatoms. The Bertz CT molecular complexity index is 512. The highest BCUT2D eigenvalue weighted by atomic mass is 127. The molecule has 0 aliphatic heterocycles. The molecule has 84 valence electrons. The Labute approximate surface area is 109 Å². The maximum atomic E-state index is 13.5. The molecule has 0 amide bonds. The Hall–Kier alpha value is -0.530. The third kappa shape index (κ3) is 2.41. The topological polar surface area (TPSA) is 26.0 Å². The molecule has 0 fully saturated rings. The second-order valence-electron chi connectivity index (χ2n) is 3.33. The normalized spacial score (nSPS) is 12.8. The quantitative estimate of drug-likeness (QED) is 0.821. The van der Waals surface area contributed by atoms with Gasteiger partial charge >= 0.3 is 0 Å². The van der Waals surface area contributed by atoms with Gasteiger partial charge in [0.05, 0.1) is 8.93 Å². The SMILES string of the molecule is NC(c1csc(I)c1)c1ccc(F)cc1F. The Kier molecular flexibility index (Phi) is 3.56. The molecule has 0 aliphatic carbocycles. The van der Waals surface area contributed by atoms with Crippen molar-refractivity contribution in [1.29, 1.82) is 0 Å². The molecule has 1 heterocycles.